The monoisotopic (exact) mass is 382 g/mol. The molecule has 0 bridgehead atoms. The first-order valence-electron chi connectivity index (χ1n) is 9.02. The molecule has 2 heterocycles. The molecule has 1 aliphatic carbocycles. The molecule has 2 aliphatic rings. The maximum atomic E-state index is 12.4. The number of hydrogen-bond donors (Lipinski definition) is 2. The number of nitrogens with one attached hydrogen (secondary N) is 1. The molecule has 1 atom stereocenters. The molecule has 0 saturated carbocycles. The lowest BCUT2D eigenvalue weighted by Gasteiger charge is -2.34. The van der Waals surface area contributed by atoms with Crippen LogP contribution >= 0.6 is 11.3 Å². The number of anilines is 1. The minimum absolute atomic E-state index is 0.0188. The first-order valence-corrected chi connectivity index (χ1v) is 9.84. The van der Waals surface area contributed by atoms with Crippen molar-refractivity contribution in [3.63, 3.8) is 0 Å². The Labute approximate surface area is 157 Å². The Morgan fingerprint density at radius 1 is 1.42 bits per heavy atom. The summed E-state index contributed by atoms with van der Waals surface area (Å²) in [6.07, 6.45) is 4.37. The molecule has 1 saturated heterocycles. The highest BCUT2D eigenvalue weighted by molar-refractivity contribution is 7.15. The summed E-state index contributed by atoms with van der Waals surface area (Å²) in [6, 6.07) is 0. The highest BCUT2D eigenvalue weighted by Crippen LogP contribution is 2.29. The Balaban J connectivity index is 1.46. The van der Waals surface area contributed by atoms with Gasteiger partial charge in [0.15, 0.2) is 5.13 Å². The summed E-state index contributed by atoms with van der Waals surface area (Å²) in [5.74, 6) is -0.915. The van der Waals surface area contributed by atoms with Gasteiger partial charge in [0.1, 0.15) is 0 Å². The standard InChI is InChI=1S/C17H26N4O4S/c1-20(11-16(23)24)8-12-9-21(6-7-25-12)10-15(22)19-17-18-13-4-2-3-5-14(13)26-17/h12H,2-11H2,1H3,(H,23,24)(H,18,19,22). The summed E-state index contributed by atoms with van der Waals surface area (Å²) in [7, 11) is 1.76. The van der Waals surface area contributed by atoms with Gasteiger partial charge in [0.05, 0.1) is 31.5 Å². The molecule has 0 spiro atoms. The van der Waals surface area contributed by atoms with Crippen molar-refractivity contribution in [1.82, 2.24) is 14.8 Å². The Morgan fingerprint density at radius 2 is 2.23 bits per heavy atom. The van der Waals surface area contributed by atoms with Crippen molar-refractivity contribution in [1.29, 1.82) is 0 Å². The number of aliphatic carboxylic acids is 1. The molecule has 1 aromatic heterocycles. The van der Waals surface area contributed by atoms with Crippen LogP contribution in [0.15, 0.2) is 0 Å². The van der Waals surface area contributed by atoms with Gasteiger partial charge in [-0.25, -0.2) is 4.98 Å². The van der Waals surface area contributed by atoms with Crippen LogP contribution in [0.1, 0.15) is 23.4 Å². The number of carboxylic acid groups (broad SMARTS) is 1. The van der Waals surface area contributed by atoms with E-state index in [0.717, 1.165) is 18.5 Å². The van der Waals surface area contributed by atoms with Gasteiger partial charge >= 0.3 is 5.97 Å². The first-order chi connectivity index (χ1) is 12.5. The number of amides is 1. The number of aryl methyl sites for hydroxylation is 2. The SMILES string of the molecule is CN(CC(=O)O)CC1CN(CC(=O)Nc2nc3c(s2)CCCC3)CCO1. The molecular formula is C17H26N4O4S. The number of fused-ring (bicyclic) bond motifs is 1. The third-order valence-electron chi connectivity index (χ3n) is 4.60. The van der Waals surface area contributed by atoms with Crippen LogP contribution in [0.4, 0.5) is 5.13 Å². The number of likely N-dealkylation sites (N-methyl/N-ethyl adjacent to an activating group) is 1. The van der Waals surface area contributed by atoms with Crippen molar-refractivity contribution in [2.24, 2.45) is 0 Å². The summed E-state index contributed by atoms with van der Waals surface area (Å²) < 4.78 is 5.70. The van der Waals surface area contributed by atoms with E-state index in [-0.39, 0.29) is 18.6 Å². The predicted octanol–water partition coefficient (Wildman–Crippen LogP) is 0.678. The second-order valence-electron chi connectivity index (χ2n) is 6.96. The van der Waals surface area contributed by atoms with E-state index in [1.54, 1.807) is 23.3 Å². The normalized spacial score (nSPS) is 20.8. The van der Waals surface area contributed by atoms with Crippen molar-refractivity contribution in [2.75, 3.05) is 51.7 Å². The van der Waals surface area contributed by atoms with E-state index in [1.807, 2.05) is 4.90 Å². The van der Waals surface area contributed by atoms with E-state index in [9.17, 15) is 9.59 Å². The van der Waals surface area contributed by atoms with Gasteiger partial charge in [0, 0.05) is 24.5 Å². The van der Waals surface area contributed by atoms with Crippen LogP contribution in [0.25, 0.3) is 0 Å². The van der Waals surface area contributed by atoms with Gasteiger partial charge in [0.2, 0.25) is 5.91 Å². The highest BCUT2D eigenvalue weighted by atomic mass is 32.1. The number of carboxylic acids is 1. The fourth-order valence-electron chi connectivity index (χ4n) is 3.44. The molecule has 2 N–H and O–H groups in total. The van der Waals surface area contributed by atoms with Gasteiger partial charge in [-0.05, 0) is 32.7 Å². The van der Waals surface area contributed by atoms with Crippen LogP contribution in [0, 0.1) is 0 Å². The lowest BCUT2D eigenvalue weighted by Crippen LogP contribution is -2.49. The van der Waals surface area contributed by atoms with Crippen LogP contribution in [0.2, 0.25) is 0 Å². The van der Waals surface area contributed by atoms with Gasteiger partial charge in [0.25, 0.3) is 0 Å². The molecule has 1 aliphatic heterocycles. The van der Waals surface area contributed by atoms with Crippen LogP contribution in [0.5, 0.6) is 0 Å². The van der Waals surface area contributed by atoms with E-state index < -0.39 is 5.97 Å². The number of aromatic nitrogens is 1. The fourth-order valence-corrected chi connectivity index (χ4v) is 4.51. The van der Waals surface area contributed by atoms with Crippen LogP contribution in [-0.4, -0.2) is 84.2 Å². The number of carbonyl (C=O) groups is 2. The third kappa shape index (κ3) is 5.47. The minimum atomic E-state index is -0.856. The van der Waals surface area contributed by atoms with Crippen molar-refractivity contribution >= 4 is 28.3 Å². The summed E-state index contributed by atoms with van der Waals surface area (Å²) in [5, 5.41) is 12.5. The van der Waals surface area contributed by atoms with Crippen molar-refractivity contribution < 1.29 is 19.4 Å². The maximum absolute atomic E-state index is 12.4. The zero-order valence-corrected chi connectivity index (χ0v) is 15.9. The molecule has 1 unspecified atom stereocenters. The van der Waals surface area contributed by atoms with E-state index in [2.05, 4.69) is 10.3 Å². The Kier molecular flexibility index (Phi) is 6.58. The van der Waals surface area contributed by atoms with Crippen molar-refractivity contribution in [3.8, 4) is 0 Å². The van der Waals surface area contributed by atoms with Gasteiger partial charge in [-0.15, -0.1) is 11.3 Å². The number of rotatable bonds is 7. The molecule has 8 nitrogen and oxygen atoms in total. The summed E-state index contributed by atoms with van der Waals surface area (Å²) >= 11 is 1.59. The number of thiazole rings is 1. The number of carbonyl (C=O) groups excluding carboxylic acids is 1. The highest BCUT2D eigenvalue weighted by Gasteiger charge is 2.24. The molecule has 0 aromatic carbocycles. The topological polar surface area (TPSA) is 95.0 Å². The van der Waals surface area contributed by atoms with Crippen molar-refractivity contribution in [3.05, 3.63) is 10.6 Å². The van der Waals surface area contributed by atoms with E-state index in [4.69, 9.17) is 9.84 Å². The average molecular weight is 382 g/mol. The molecule has 3 rings (SSSR count). The third-order valence-corrected chi connectivity index (χ3v) is 5.68. The second kappa shape index (κ2) is 8.90. The largest absolute Gasteiger partial charge is 0.480 e. The second-order valence-corrected chi connectivity index (χ2v) is 8.05. The summed E-state index contributed by atoms with van der Waals surface area (Å²) in [6.45, 7) is 2.67. The molecule has 1 fully saturated rings. The van der Waals surface area contributed by atoms with Gasteiger partial charge in [-0.2, -0.15) is 0 Å². The van der Waals surface area contributed by atoms with Crippen LogP contribution in [-0.2, 0) is 27.2 Å². The van der Waals surface area contributed by atoms with Gasteiger partial charge < -0.3 is 15.2 Å². The Hall–Kier alpha value is -1.55. The average Bonchev–Trinajstić information content (AvgIpc) is 2.96. The number of nitrogens with zero attached hydrogens (tertiary/aromatic N) is 3. The van der Waals surface area contributed by atoms with E-state index in [1.165, 1.54) is 17.7 Å². The zero-order valence-electron chi connectivity index (χ0n) is 15.1. The minimum Gasteiger partial charge on any atom is -0.480 e. The quantitative estimate of drug-likeness (QED) is 0.716. The van der Waals surface area contributed by atoms with E-state index in [0.29, 0.717) is 37.9 Å². The molecule has 0 radical (unpaired) electrons. The van der Waals surface area contributed by atoms with Crippen LogP contribution in [0.3, 0.4) is 0 Å². The van der Waals surface area contributed by atoms with Gasteiger partial charge in [-0.1, -0.05) is 0 Å². The molecule has 144 valence electrons. The Morgan fingerprint density at radius 3 is 3.00 bits per heavy atom. The number of hydrogen-bond acceptors (Lipinski definition) is 7. The lowest BCUT2D eigenvalue weighted by atomic mass is 10.0. The van der Waals surface area contributed by atoms with Crippen LogP contribution < -0.4 is 5.32 Å². The number of ether oxygens (including phenoxy) is 1. The molecular weight excluding hydrogens is 356 g/mol. The molecule has 26 heavy (non-hydrogen) atoms. The molecule has 1 amide bonds. The molecule has 1 aromatic rings. The summed E-state index contributed by atoms with van der Waals surface area (Å²) in [5.41, 5.74) is 1.14. The van der Waals surface area contributed by atoms with Gasteiger partial charge in [-0.3, -0.25) is 19.4 Å². The maximum Gasteiger partial charge on any atom is 0.317 e. The predicted molar refractivity (Wildman–Crippen MR) is 98.7 cm³/mol. The Bertz CT molecular complexity index is 627. The summed E-state index contributed by atoms with van der Waals surface area (Å²) in [4.78, 5) is 32.7. The molecule has 9 heteroatoms. The van der Waals surface area contributed by atoms with E-state index >= 15 is 0 Å². The first kappa shape index (κ1) is 19.2. The number of morpholine rings is 1. The van der Waals surface area contributed by atoms with Crippen molar-refractivity contribution in [2.45, 2.75) is 31.8 Å². The fraction of sp³-hybridized carbons (Fsp3) is 0.706. The lowest BCUT2D eigenvalue weighted by molar-refractivity contribution is -0.138. The zero-order chi connectivity index (χ0) is 18.5. The smallest absolute Gasteiger partial charge is 0.317 e.